The van der Waals surface area contributed by atoms with Crippen molar-refractivity contribution < 1.29 is 0 Å². The maximum atomic E-state index is 9.85. The Hall–Kier alpha value is -12.4. The van der Waals surface area contributed by atoms with Crippen molar-refractivity contribution >= 4 is 102 Å². The lowest BCUT2D eigenvalue weighted by atomic mass is 9.33. The highest BCUT2D eigenvalue weighted by Gasteiger charge is 2.46. The predicted molar refractivity (Wildman–Crippen MR) is 474 cm³/mol. The third-order valence-corrected chi connectivity index (χ3v) is 22.6. The maximum absolute atomic E-state index is 9.85. The molecule has 110 heavy (non-hydrogen) atoms. The third kappa shape index (κ3) is 13.1. The van der Waals surface area contributed by atoms with E-state index in [1.165, 1.54) is 45.8 Å². The molecular formula is C104H94BN5. The van der Waals surface area contributed by atoms with Crippen molar-refractivity contribution in [3.63, 3.8) is 0 Å². The largest absolute Gasteiger partial charge is 0.310 e. The van der Waals surface area contributed by atoms with Gasteiger partial charge in [0.25, 0.3) is 6.71 Å². The lowest BCUT2D eigenvalue weighted by molar-refractivity contribution is 0.568. The van der Waals surface area contributed by atoms with E-state index in [9.17, 15) is 10.8 Å². The molecule has 2 N–H and O–H groups in total. The molecule has 5 nitrogen and oxygen atoms in total. The van der Waals surface area contributed by atoms with Gasteiger partial charge in [-0.1, -0.05) is 363 Å². The van der Waals surface area contributed by atoms with Crippen molar-refractivity contribution in [1.82, 2.24) is 4.57 Å². The minimum absolute atomic E-state index is 0.0465. The molecule has 13 aromatic carbocycles. The van der Waals surface area contributed by atoms with Crippen molar-refractivity contribution in [3.05, 3.63) is 372 Å². The number of nitrogens with zero attached hydrogens (tertiary/aromatic N) is 3. The zero-order valence-electron chi connectivity index (χ0n) is 65.4. The lowest BCUT2D eigenvalue weighted by Crippen LogP contribution is -2.62. The van der Waals surface area contributed by atoms with Gasteiger partial charge in [-0.05, 0) is 175 Å². The fourth-order valence-corrected chi connectivity index (χ4v) is 16.4. The van der Waals surface area contributed by atoms with Crippen LogP contribution in [0.4, 0.5) is 22.7 Å². The predicted octanol–water partition coefficient (Wildman–Crippen LogP) is 25.6. The first-order valence-corrected chi connectivity index (χ1v) is 38.5. The van der Waals surface area contributed by atoms with Gasteiger partial charge in [-0.2, -0.15) is 0 Å². The summed E-state index contributed by atoms with van der Waals surface area (Å²) < 4.78 is 2.43. The van der Waals surface area contributed by atoms with Crippen LogP contribution in [0.5, 0.6) is 0 Å². The average Bonchev–Trinajstić information content (AvgIpc) is 0.823. The molecule has 16 rings (SSSR count). The van der Waals surface area contributed by atoms with E-state index >= 15 is 0 Å². The van der Waals surface area contributed by atoms with Gasteiger partial charge < -0.3 is 25.2 Å². The molecule has 1 aromatic heterocycles. The second-order valence-electron chi connectivity index (χ2n) is 33.9. The number of benzene rings is 13. The van der Waals surface area contributed by atoms with Crippen LogP contribution in [-0.2, 0) is 21.7 Å². The van der Waals surface area contributed by atoms with E-state index in [2.05, 4.69) is 389 Å². The van der Waals surface area contributed by atoms with Gasteiger partial charge in [0.1, 0.15) is 0 Å². The molecule has 0 amide bonds. The number of allylic oxidation sites excluding steroid dienone is 4. The van der Waals surface area contributed by atoms with Crippen LogP contribution in [0.3, 0.4) is 0 Å². The van der Waals surface area contributed by atoms with E-state index < -0.39 is 6.71 Å². The summed E-state index contributed by atoms with van der Waals surface area (Å²) in [6.07, 6.45) is 3.05. The minimum Gasteiger partial charge on any atom is -0.310 e. The number of hydrogen-bond acceptors (Lipinski definition) is 4. The summed E-state index contributed by atoms with van der Waals surface area (Å²) in [4.78, 5) is 4.89. The topological polar surface area (TPSA) is 59.1 Å². The van der Waals surface area contributed by atoms with Crippen LogP contribution in [0.2, 0.25) is 0 Å². The Morgan fingerprint density at radius 3 is 0.909 bits per heavy atom. The van der Waals surface area contributed by atoms with E-state index in [1.807, 2.05) is 12.1 Å². The first-order valence-electron chi connectivity index (χ1n) is 38.5. The third-order valence-electron chi connectivity index (χ3n) is 22.6. The molecule has 0 saturated carbocycles. The van der Waals surface area contributed by atoms with Crippen LogP contribution >= 0.6 is 0 Å². The molecule has 0 spiro atoms. The van der Waals surface area contributed by atoms with Gasteiger partial charge in [0.15, 0.2) is 0 Å². The molecule has 14 aromatic rings. The summed E-state index contributed by atoms with van der Waals surface area (Å²) >= 11 is 0. The number of para-hydroxylation sites is 2. The fourth-order valence-electron chi connectivity index (χ4n) is 16.4. The normalized spacial score (nSPS) is 13.3. The van der Waals surface area contributed by atoms with E-state index in [0.29, 0.717) is 11.1 Å². The van der Waals surface area contributed by atoms with Crippen LogP contribution in [0.15, 0.2) is 328 Å². The lowest BCUT2D eigenvalue weighted by Gasteiger charge is -2.46. The zero-order chi connectivity index (χ0) is 76.7. The van der Waals surface area contributed by atoms with E-state index in [1.54, 1.807) is 0 Å². The van der Waals surface area contributed by atoms with Crippen molar-refractivity contribution in [2.45, 2.75) is 105 Å². The van der Waals surface area contributed by atoms with E-state index in [4.69, 9.17) is 13.2 Å². The molecule has 0 radical (unpaired) electrons. The Bertz CT molecular complexity index is 5620. The SMILES string of the molecule is C=C(/C(=C(\C=N)c1ccccc1)N1c2ccc(-c3ccc(-c4cc(C(C)(C)C)cc(C(C)(C)C)c4)cc3)cc2B2c3cc(-c4ccc(-c5cc(C(C)(C)C)cc(C(C)(C)C)c5)cc4)ccc3N(/C(C(=C)c3ccccc3)=C(/C=N)c3ccccc3)c3cc(-n4c5ccccc5c5ccccc54)cc1c32)c1ccccc1. The second-order valence-corrected chi connectivity index (χ2v) is 33.9. The molecule has 538 valence electrons. The summed E-state index contributed by atoms with van der Waals surface area (Å²) in [6, 6.07) is 111. The van der Waals surface area contributed by atoms with Crippen molar-refractivity contribution in [2.75, 3.05) is 9.80 Å². The standard InChI is InChI=1S/C104H94BN5/c1-67(69-31-19-15-20-32-69)99(88(65-106)75-35-23-17-24-36-75)109-94-53-51-77(71-43-47-73(48-44-71)79-55-81(101(3,4)5)61-82(56-79)102(6,7)8)59-90(94)105-91-60-78(72-45-49-74(50-46-72)80-57-83(103(9,10)11)62-84(58-80)104(12,13)14)52-54-95(91)110(100(68(2)70-33-21-16-22-34-70)89(66-107)76-37-25-18-26-38-76)97-64-85(63-96(109)98(97)105)108-92-41-29-27-39-86(92)87-40-28-30-42-93(87)108/h15-66,106-107H,1-2H2,3-14H3/b99-88-,100-89-,106-65?,107-66?. The summed E-state index contributed by atoms with van der Waals surface area (Å²) in [7, 11) is 0. The maximum Gasteiger partial charge on any atom is 0.252 e. The smallest absolute Gasteiger partial charge is 0.252 e. The van der Waals surface area contributed by atoms with Crippen LogP contribution in [0.1, 0.15) is 128 Å². The van der Waals surface area contributed by atoms with E-state index in [-0.39, 0.29) is 21.7 Å². The number of aromatic nitrogens is 1. The molecule has 0 saturated heterocycles. The van der Waals surface area contributed by atoms with Gasteiger partial charge >= 0.3 is 0 Å². The highest BCUT2D eigenvalue weighted by Crippen LogP contribution is 2.51. The molecule has 3 heterocycles. The molecule has 2 aliphatic rings. The number of fused-ring (bicyclic) bond motifs is 7. The molecule has 0 bridgehead atoms. The first-order chi connectivity index (χ1) is 52.8. The molecule has 6 heteroatoms. The molecule has 0 unspecified atom stereocenters. The Balaban J connectivity index is 1.04. The number of nitrogens with one attached hydrogen (secondary N) is 2. The monoisotopic (exact) mass is 1420 g/mol. The van der Waals surface area contributed by atoms with Crippen LogP contribution in [0.25, 0.3) is 94.3 Å². The van der Waals surface area contributed by atoms with Gasteiger partial charge in [-0.25, -0.2) is 0 Å². The fraction of sp³-hybridized carbons (Fsp3) is 0.154. The van der Waals surface area contributed by atoms with Crippen LogP contribution in [0, 0.1) is 10.8 Å². The number of anilines is 4. The molecule has 0 atom stereocenters. The number of rotatable bonds is 15. The Morgan fingerprint density at radius 1 is 0.300 bits per heavy atom. The highest BCUT2D eigenvalue weighted by molar-refractivity contribution is 7.00. The number of hydrogen-bond donors (Lipinski definition) is 2. The van der Waals surface area contributed by atoms with E-state index in [0.717, 1.165) is 145 Å². The molecule has 2 aliphatic heterocycles. The van der Waals surface area contributed by atoms with Gasteiger partial charge in [0.2, 0.25) is 0 Å². The zero-order valence-corrected chi connectivity index (χ0v) is 65.4. The summed E-state index contributed by atoms with van der Waals surface area (Å²) in [5.74, 6) is 0. The Morgan fingerprint density at radius 2 is 0.591 bits per heavy atom. The van der Waals surface area contributed by atoms with Crippen molar-refractivity contribution in [3.8, 4) is 50.2 Å². The molecule has 0 aliphatic carbocycles. The van der Waals surface area contributed by atoms with Gasteiger partial charge in [-0.3, -0.25) is 0 Å². The van der Waals surface area contributed by atoms with Crippen LogP contribution < -0.4 is 26.2 Å². The van der Waals surface area contributed by atoms with Crippen LogP contribution in [-0.4, -0.2) is 23.7 Å². The van der Waals surface area contributed by atoms with Gasteiger partial charge in [0, 0.05) is 57.1 Å². The van der Waals surface area contributed by atoms with Gasteiger partial charge in [0.05, 0.1) is 28.1 Å². The minimum atomic E-state index is -0.423. The Labute approximate surface area is 650 Å². The first kappa shape index (κ1) is 71.9. The summed E-state index contributed by atoms with van der Waals surface area (Å²) in [5.41, 5.74) is 32.2. The summed E-state index contributed by atoms with van der Waals surface area (Å²) in [5, 5.41) is 22.0. The highest BCUT2D eigenvalue weighted by atomic mass is 15.2. The Kier molecular flexibility index (Phi) is 18.3. The van der Waals surface area contributed by atoms with Gasteiger partial charge in [-0.15, -0.1) is 0 Å². The van der Waals surface area contributed by atoms with Crippen molar-refractivity contribution in [2.24, 2.45) is 0 Å². The quantitative estimate of drug-likeness (QED) is 0.0610. The molecule has 0 fully saturated rings. The average molecular weight is 1420 g/mol. The van der Waals surface area contributed by atoms with Crippen molar-refractivity contribution in [1.29, 1.82) is 10.8 Å². The second kappa shape index (κ2) is 28.0. The summed E-state index contributed by atoms with van der Waals surface area (Å²) in [6.45, 7) is 37.5. The molecular weight excluding hydrogens is 1330 g/mol.